The first-order valence-electron chi connectivity index (χ1n) is 7.60. The molecule has 1 aromatic heterocycles. The number of rotatable bonds is 6. The second-order valence-corrected chi connectivity index (χ2v) is 6.42. The average molecular weight is 296 g/mol. The molecule has 1 N–H and O–H groups in total. The van der Waals surface area contributed by atoms with Crippen LogP contribution in [-0.4, -0.2) is 29.1 Å². The van der Waals surface area contributed by atoms with Crippen molar-refractivity contribution in [1.29, 1.82) is 0 Å². The molecule has 20 heavy (non-hydrogen) atoms. The van der Waals surface area contributed by atoms with Crippen LogP contribution in [0.2, 0.25) is 0 Å². The molecule has 5 heteroatoms. The Labute approximate surface area is 124 Å². The summed E-state index contributed by atoms with van der Waals surface area (Å²) in [5.74, 6) is 0.119. The summed E-state index contributed by atoms with van der Waals surface area (Å²) >= 11 is 1.65. The van der Waals surface area contributed by atoms with E-state index in [9.17, 15) is 4.79 Å². The Morgan fingerprint density at radius 1 is 1.50 bits per heavy atom. The number of aromatic nitrogens is 1. The Balaban J connectivity index is 1.89. The Morgan fingerprint density at radius 2 is 2.35 bits per heavy atom. The van der Waals surface area contributed by atoms with Gasteiger partial charge in [0.2, 0.25) is 0 Å². The van der Waals surface area contributed by atoms with Crippen LogP contribution in [0.15, 0.2) is 5.38 Å². The van der Waals surface area contributed by atoms with E-state index >= 15 is 0 Å². The highest BCUT2D eigenvalue weighted by molar-refractivity contribution is 7.13. The largest absolute Gasteiger partial charge is 0.481 e. The Hall–Kier alpha value is -1.10. The van der Waals surface area contributed by atoms with Gasteiger partial charge in [-0.25, -0.2) is 4.98 Å². The lowest BCUT2D eigenvalue weighted by Gasteiger charge is -2.19. The van der Waals surface area contributed by atoms with Crippen molar-refractivity contribution < 1.29 is 9.90 Å². The van der Waals surface area contributed by atoms with Gasteiger partial charge < -0.3 is 10.0 Å². The van der Waals surface area contributed by atoms with Gasteiger partial charge >= 0.3 is 5.97 Å². The molecule has 2 heterocycles. The zero-order valence-corrected chi connectivity index (χ0v) is 13.0. The molecule has 0 saturated carbocycles. The molecule has 0 bridgehead atoms. The topological polar surface area (TPSA) is 53.4 Å². The number of nitrogens with zero attached hydrogens (tertiary/aromatic N) is 2. The summed E-state index contributed by atoms with van der Waals surface area (Å²) in [4.78, 5) is 17.6. The van der Waals surface area contributed by atoms with Crippen molar-refractivity contribution >= 4 is 22.4 Å². The first kappa shape index (κ1) is 15.3. The molecule has 0 aliphatic carbocycles. The minimum Gasteiger partial charge on any atom is -0.481 e. The molecule has 0 amide bonds. The van der Waals surface area contributed by atoms with Crippen LogP contribution in [-0.2, 0) is 11.2 Å². The Kier molecular flexibility index (Phi) is 5.83. The summed E-state index contributed by atoms with van der Waals surface area (Å²) in [6.45, 7) is 4.45. The SMILES string of the molecule is CCCC1CCCN(c2nc(CCC(=O)O)cs2)CC1. The molecule has 1 atom stereocenters. The Bertz CT molecular complexity index is 433. The molecule has 1 saturated heterocycles. The summed E-state index contributed by atoms with van der Waals surface area (Å²) in [5, 5.41) is 11.8. The number of hydrogen-bond acceptors (Lipinski definition) is 4. The summed E-state index contributed by atoms with van der Waals surface area (Å²) in [6, 6.07) is 0. The standard InChI is InChI=1S/C15H24N2O2S/c1-2-4-12-5-3-9-17(10-8-12)15-16-13(11-20-15)6-7-14(18)19/h11-12H,2-10H2,1H3,(H,18,19). The van der Waals surface area contributed by atoms with Crippen LogP contribution >= 0.6 is 11.3 Å². The number of aliphatic carboxylic acids is 1. The van der Waals surface area contributed by atoms with Gasteiger partial charge in [-0.1, -0.05) is 19.8 Å². The highest BCUT2D eigenvalue weighted by Gasteiger charge is 2.18. The lowest BCUT2D eigenvalue weighted by molar-refractivity contribution is -0.136. The molecule has 1 fully saturated rings. The third-order valence-electron chi connectivity index (χ3n) is 3.95. The van der Waals surface area contributed by atoms with E-state index in [1.807, 2.05) is 5.38 Å². The van der Waals surface area contributed by atoms with E-state index in [4.69, 9.17) is 5.11 Å². The van der Waals surface area contributed by atoms with Crippen LogP contribution < -0.4 is 4.90 Å². The number of carboxylic acid groups (broad SMARTS) is 1. The van der Waals surface area contributed by atoms with Crippen LogP contribution in [0.25, 0.3) is 0 Å². The molecule has 2 rings (SSSR count). The van der Waals surface area contributed by atoms with Gasteiger partial charge in [0.15, 0.2) is 5.13 Å². The average Bonchev–Trinajstić information content (AvgIpc) is 2.77. The van der Waals surface area contributed by atoms with Gasteiger partial charge in [-0.15, -0.1) is 11.3 Å². The lowest BCUT2D eigenvalue weighted by atomic mass is 9.96. The van der Waals surface area contributed by atoms with Gasteiger partial charge in [0.1, 0.15) is 0 Å². The zero-order valence-electron chi connectivity index (χ0n) is 12.2. The fraction of sp³-hybridized carbons (Fsp3) is 0.733. The van der Waals surface area contributed by atoms with E-state index in [1.54, 1.807) is 11.3 Å². The lowest BCUT2D eigenvalue weighted by Crippen LogP contribution is -2.24. The molecular formula is C15H24N2O2S. The number of carboxylic acids is 1. The summed E-state index contributed by atoms with van der Waals surface area (Å²) in [6.07, 6.45) is 7.17. The van der Waals surface area contributed by atoms with Crippen LogP contribution in [0.3, 0.4) is 0 Å². The van der Waals surface area contributed by atoms with E-state index < -0.39 is 5.97 Å². The molecule has 1 aliphatic heterocycles. The van der Waals surface area contributed by atoms with Gasteiger partial charge in [-0.05, 0) is 25.2 Å². The minimum absolute atomic E-state index is 0.168. The maximum Gasteiger partial charge on any atom is 0.303 e. The third kappa shape index (κ3) is 4.47. The van der Waals surface area contributed by atoms with E-state index in [0.717, 1.165) is 29.8 Å². The normalized spacial score (nSPS) is 19.9. The molecule has 4 nitrogen and oxygen atoms in total. The van der Waals surface area contributed by atoms with Crippen molar-refractivity contribution in [2.24, 2.45) is 5.92 Å². The van der Waals surface area contributed by atoms with Crippen molar-refractivity contribution in [2.75, 3.05) is 18.0 Å². The van der Waals surface area contributed by atoms with Crippen molar-refractivity contribution in [1.82, 2.24) is 4.98 Å². The van der Waals surface area contributed by atoms with Crippen LogP contribution in [0.4, 0.5) is 5.13 Å². The summed E-state index contributed by atoms with van der Waals surface area (Å²) in [5.41, 5.74) is 0.918. The van der Waals surface area contributed by atoms with Gasteiger partial charge in [0.05, 0.1) is 12.1 Å². The maximum atomic E-state index is 10.6. The molecule has 0 aromatic carbocycles. The van der Waals surface area contributed by atoms with Crippen molar-refractivity contribution in [3.05, 3.63) is 11.1 Å². The second-order valence-electron chi connectivity index (χ2n) is 5.59. The molecule has 1 aliphatic rings. The zero-order chi connectivity index (χ0) is 14.4. The van der Waals surface area contributed by atoms with Gasteiger partial charge in [0, 0.05) is 24.9 Å². The number of aryl methyl sites for hydroxylation is 1. The molecule has 0 radical (unpaired) electrons. The number of thiazole rings is 1. The predicted molar refractivity (Wildman–Crippen MR) is 82.5 cm³/mol. The fourth-order valence-electron chi connectivity index (χ4n) is 2.84. The third-order valence-corrected chi connectivity index (χ3v) is 4.90. The van der Waals surface area contributed by atoms with Crippen LogP contribution in [0.5, 0.6) is 0 Å². The van der Waals surface area contributed by atoms with E-state index in [0.29, 0.717) is 6.42 Å². The van der Waals surface area contributed by atoms with Crippen LogP contribution in [0.1, 0.15) is 51.1 Å². The molecule has 112 valence electrons. The number of anilines is 1. The first-order chi connectivity index (χ1) is 9.69. The van der Waals surface area contributed by atoms with Crippen LogP contribution in [0, 0.1) is 5.92 Å². The molecular weight excluding hydrogens is 272 g/mol. The number of hydrogen-bond donors (Lipinski definition) is 1. The van der Waals surface area contributed by atoms with Crippen molar-refractivity contribution in [3.8, 4) is 0 Å². The Morgan fingerprint density at radius 3 is 3.10 bits per heavy atom. The predicted octanol–water partition coefficient (Wildman–Crippen LogP) is 3.57. The highest BCUT2D eigenvalue weighted by Crippen LogP contribution is 2.27. The van der Waals surface area contributed by atoms with Gasteiger partial charge in [0.25, 0.3) is 0 Å². The summed E-state index contributed by atoms with van der Waals surface area (Å²) in [7, 11) is 0. The summed E-state index contributed by atoms with van der Waals surface area (Å²) < 4.78 is 0. The minimum atomic E-state index is -0.753. The van der Waals surface area contributed by atoms with Gasteiger partial charge in [-0.3, -0.25) is 4.79 Å². The fourth-order valence-corrected chi connectivity index (χ4v) is 3.76. The number of carbonyl (C=O) groups is 1. The monoisotopic (exact) mass is 296 g/mol. The molecule has 1 aromatic rings. The van der Waals surface area contributed by atoms with E-state index in [1.165, 1.54) is 32.1 Å². The van der Waals surface area contributed by atoms with Crippen molar-refractivity contribution in [3.63, 3.8) is 0 Å². The smallest absolute Gasteiger partial charge is 0.303 e. The van der Waals surface area contributed by atoms with E-state index in [2.05, 4.69) is 16.8 Å². The quantitative estimate of drug-likeness (QED) is 0.872. The first-order valence-corrected chi connectivity index (χ1v) is 8.48. The molecule has 1 unspecified atom stereocenters. The van der Waals surface area contributed by atoms with Gasteiger partial charge in [-0.2, -0.15) is 0 Å². The second kappa shape index (κ2) is 7.62. The molecule has 0 spiro atoms. The van der Waals surface area contributed by atoms with Crippen molar-refractivity contribution in [2.45, 2.75) is 51.9 Å². The van der Waals surface area contributed by atoms with E-state index in [-0.39, 0.29) is 6.42 Å². The highest BCUT2D eigenvalue weighted by atomic mass is 32.1. The maximum absolute atomic E-state index is 10.6.